The number of nitrogen functional groups attached to an aromatic ring is 1. The number of benzene rings is 1. The van der Waals surface area contributed by atoms with E-state index >= 15 is 0 Å². The van der Waals surface area contributed by atoms with Crippen LogP contribution >= 0.6 is 0 Å². The first-order valence-electron chi connectivity index (χ1n) is 4.84. The number of nitrogens with one attached hydrogen (secondary N) is 1. The van der Waals surface area contributed by atoms with Gasteiger partial charge in [-0.25, -0.2) is 4.98 Å². The summed E-state index contributed by atoms with van der Waals surface area (Å²) in [5, 5.41) is 2.67. The van der Waals surface area contributed by atoms with Crippen molar-refractivity contribution in [3.8, 4) is 0 Å². The Balaban J connectivity index is 2.19. The van der Waals surface area contributed by atoms with Crippen molar-refractivity contribution in [3.63, 3.8) is 0 Å². The predicted octanol–water partition coefficient (Wildman–Crippen LogP) is 1.92. The number of hydrogen-bond donors (Lipinski definition) is 2. The van der Waals surface area contributed by atoms with Crippen LogP contribution in [0.2, 0.25) is 0 Å². The van der Waals surface area contributed by atoms with Gasteiger partial charge in [0, 0.05) is 11.9 Å². The van der Waals surface area contributed by atoms with Crippen LogP contribution in [-0.4, -0.2) is 10.9 Å². The number of carbonyl (C=O) groups is 1. The number of amides is 1. The first-order valence-corrected chi connectivity index (χ1v) is 4.84. The third kappa shape index (κ3) is 2.17. The zero-order valence-corrected chi connectivity index (χ0v) is 8.55. The number of pyridine rings is 1. The summed E-state index contributed by atoms with van der Waals surface area (Å²) in [4.78, 5) is 15.8. The fourth-order valence-corrected chi connectivity index (χ4v) is 1.32. The number of hydrogen-bond acceptors (Lipinski definition) is 3. The molecule has 0 unspecified atom stereocenters. The third-order valence-corrected chi connectivity index (χ3v) is 2.11. The second-order valence-corrected chi connectivity index (χ2v) is 3.26. The van der Waals surface area contributed by atoms with Crippen molar-refractivity contribution in [2.45, 2.75) is 0 Å². The molecule has 0 radical (unpaired) electrons. The summed E-state index contributed by atoms with van der Waals surface area (Å²) in [6.45, 7) is 0. The molecule has 1 amide bonds. The van der Waals surface area contributed by atoms with Gasteiger partial charge in [0.1, 0.15) is 5.82 Å². The summed E-state index contributed by atoms with van der Waals surface area (Å²) in [6.07, 6.45) is 1.62. The van der Waals surface area contributed by atoms with Crippen molar-refractivity contribution in [3.05, 3.63) is 54.2 Å². The lowest BCUT2D eigenvalue weighted by Crippen LogP contribution is -2.14. The van der Waals surface area contributed by atoms with Gasteiger partial charge in [-0.3, -0.25) is 4.79 Å². The van der Waals surface area contributed by atoms with Gasteiger partial charge >= 0.3 is 0 Å². The van der Waals surface area contributed by atoms with Gasteiger partial charge in [-0.2, -0.15) is 0 Å². The molecule has 80 valence electrons. The van der Waals surface area contributed by atoms with E-state index in [-0.39, 0.29) is 5.91 Å². The maximum atomic E-state index is 11.8. The van der Waals surface area contributed by atoms with Crippen LogP contribution < -0.4 is 11.1 Å². The van der Waals surface area contributed by atoms with Crippen LogP contribution in [0.25, 0.3) is 0 Å². The molecule has 0 saturated carbocycles. The Bertz CT molecular complexity index is 497. The molecule has 2 rings (SSSR count). The minimum Gasteiger partial charge on any atom is -0.398 e. The molecule has 0 fully saturated rings. The molecule has 0 aliphatic heterocycles. The number of para-hydroxylation sites is 1. The van der Waals surface area contributed by atoms with E-state index in [2.05, 4.69) is 10.3 Å². The van der Waals surface area contributed by atoms with E-state index in [1.54, 1.807) is 48.7 Å². The Morgan fingerprint density at radius 1 is 1.12 bits per heavy atom. The molecule has 0 saturated heterocycles. The van der Waals surface area contributed by atoms with E-state index in [1.165, 1.54) is 0 Å². The Morgan fingerprint density at radius 2 is 1.88 bits per heavy atom. The van der Waals surface area contributed by atoms with Crippen LogP contribution in [0.3, 0.4) is 0 Å². The molecule has 0 spiro atoms. The Kier molecular flexibility index (Phi) is 2.82. The molecule has 1 aromatic carbocycles. The summed E-state index contributed by atoms with van der Waals surface area (Å²) < 4.78 is 0. The van der Waals surface area contributed by atoms with Gasteiger partial charge in [-0.05, 0) is 24.3 Å². The van der Waals surface area contributed by atoms with E-state index in [4.69, 9.17) is 5.73 Å². The van der Waals surface area contributed by atoms with Gasteiger partial charge in [0.15, 0.2) is 0 Å². The molecule has 4 heteroatoms. The van der Waals surface area contributed by atoms with Crippen LogP contribution in [0.15, 0.2) is 48.7 Å². The quantitative estimate of drug-likeness (QED) is 0.749. The number of nitrogens with two attached hydrogens (primary N) is 1. The van der Waals surface area contributed by atoms with Crippen molar-refractivity contribution in [1.82, 2.24) is 4.98 Å². The molecular weight excluding hydrogens is 202 g/mol. The standard InChI is InChI=1S/C12H11N3O/c13-10-6-2-1-5-9(10)12(16)15-11-7-3-4-8-14-11/h1-8H,13H2,(H,14,15,16). The summed E-state index contributed by atoms with van der Waals surface area (Å²) >= 11 is 0. The largest absolute Gasteiger partial charge is 0.398 e. The topological polar surface area (TPSA) is 68.0 Å². The highest BCUT2D eigenvalue weighted by Gasteiger charge is 2.08. The van der Waals surface area contributed by atoms with Crippen molar-refractivity contribution in [1.29, 1.82) is 0 Å². The normalized spacial score (nSPS) is 9.75. The molecule has 2 aromatic rings. The summed E-state index contributed by atoms with van der Waals surface area (Å²) in [6, 6.07) is 12.2. The Hall–Kier alpha value is -2.36. The average molecular weight is 213 g/mol. The van der Waals surface area contributed by atoms with E-state index in [0.717, 1.165) is 0 Å². The number of anilines is 2. The van der Waals surface area contributed by atoms with Crippen molar-refractivity contribution >= 4 is 17.4 Å². The smallest absolute Gasteiger partial charge is 0.258 e. The van der Waals surface area contributed by atoms with Gasteiger partial charge in [0.2, 0.25) is 0 Å². The zero-order chi connectivity index (χ0) is 11.4. The van der Waals surface area contributed by atoms with Crippen molar-refractivity contribution in [2.75, 3.05) is 11.1 Å². The van der Waals surface area contributed by atoms with Gasteiger partial charge in [0.25, 0.3) is 5.91 Å². The first-order chi connectivity index (χ1) is 7.77. The minimum absolute atomic E-state index is 0.253. The Labute approximate surface area is 93.1 Å². The second-order valence-electron chi connectivity index (χ2n) is 3.26. The molecular formula is C12H11N3O. The van der Waals surface area contributed by atoms with E-state index < -0.39 is 0 Å². The van der Waals surface area contributed by atoms with Gasteiger partial charge in [0.05, 0.1) is 5.56 Å². The van der Waals surface area contributed by atoms with Gasteiger partial charge < -0.3 is 11.1 Å². The third-order valence-electron chi connectivity index (χ3n) is 2.11. The van der Waals surface area contributed by atoms with Crippen LogP contribution in [0.1, 0.15) is 10.4 Å². The van der Waals surface area contributed by atoms with Crippen molar-refractivity contribution < 1.29 is 4.79 Å². The first kappa shape index (κ1) is 10.2. The molecule has 16 heavy (non-hydrogen) atoms. The van der Waals surface area contributed by atoms with Crippen molar-refractivity contribution in [2.24, 2.45) is 0 Å². The summed E-state index contributed by atoms with van der Waals surface area (Å²) in [7, 11) is 0. The lowest BCUT2D eigenvalue weighted by atomic mass is 10.1. The highest BCUT2D eigenvalue weighted by Crippen LogP contribution is 2.12. The van der Waals surface area contributed by atoms with Crippen LogP contribution in [0.5, 0.6) is 0 Å². The van der Waals surface area contributed by atoms with Crippen LogP contribution in [0, 0.1) is 0 Å². The number of carbonyl (C=O) groups excluding carboxylic acids is 1. The molecule has 3 N–H and O–H groups in total. The fraction of sp³-hybridized carbons (Fsp3) is 0. The van der Waals surface area contributed by atoms with E-state index in [9.17, 15) is 4.79 Å². The molecule has 4 nitrogen and oxygen atoms in total. The second kappa shape index (κ2) is 4.44. The zero-order valence-electron chi connectivity index (χ0n) is 8.55. The maximum absolute atomic E-state index is 11.8. The Morgan fingerprint density at radius 3 is 2.56 bits per heavy atom. The van der Waals surface area contributed by atoms with Gasteiger partial charge in [-0.1, -0.05) is 18.2 Å². The lowest BCUT2D eigenvalue weighted by molar-refractivity contribution is 0.102. The average Bonchev–Trinajstić information content (AvgIpc) is 2.31. The maximum Gasteiger partial charge on any atom is 0.258 e. The summed E-state index contributed by atoms with van der Waals surface area (Å²) in [5.74, 6) is 0.257. The molecule has 0 bridgehead atoms. The number of aromatic nitrogens is 1. The summed E-state index contributed by atoms with van der Waals surface area (Å²) in [5.41, 5.74) is 6.60. The number of rotatable bonds is 2. The highest BCUT2D eigenvalue weighted by molar-refractivity contribution is 6.07. The minimum atomic E-state index is -0.253. The van der Waals surface area contributed by atoms with E-state index in [1.807, 2.05) is 0 Å². The fourth-order valence-electron chi connectivity index (χ4n) is 1.32. The highest BCUT2D eigenvalue weighted by atomic mass is 16.1. The van der Waals surface area contributed by atoms with Gasteiger partial charge in [-0.15, -0.1) is 0 Å². The molecule has 1 heterocycles. The number of nitrogens with zero attached hydrogens (tertiary/aromatic N) is 1. The van der Waals surface area contributed by atoms with Crippen LogP contribution in [-0.2, 0) is 0 Å². The van der Waals surface area contributed by atoms with Crippen LogP contribution in [0.4, 0.5) is 11.5 Å². The molecule has 0 aliphatic rings. The lowest BCUT2D eigenvalue weighted by Gasteiger charge is -2.05. The molecule has 0 atom stereocenters. The predicted molar refractivity (Wildman–Crippen MR) is 63.0 cm³/mol. The monoisotopic (exact) mass is 213 g/mol. The van der Waals surface area contributed by atoms with E-state index in [0.29, 0.717) is 17.1 Å². The SMILES string of the molecule is Nc1ccccc1C(=O)Nc1ccccn1. The molecule has 0 aliphatic carbocycles. The molecule has 1 aromatic heterocycles.